The quantitative estimate of drug-likeness (QED) is 0.637. The summed E-state index contributed by atoms with van der Waals surface area (Å²) < 4.78 is 29.1. The fourth-order valence-electron chi connectivity index (χ4n) is 4.19. The number of aliphatic hydroxyl groups excluding tert-OH is 1. The first-order valence-electron chi connectivity index (χ1n) is 10.3. The highest BCUT2D eigenvalue weighted by Crippen LogP contribution is 2.25. The molecule has 0 spiro atoms. The van der Waals surface area contributed by atoms with Crippen molar-refractivity contribution < 1.29 is 13.5 Å². The number of sulfonamides is 1. The van der Waals surface area contributed by atoms with Crippen LogP contribution in [0.15, 0.2) is 65.6 Å². The Balaban J connectivity index is 1.49. The third-order valence-corrected chi connectivity index (χ3v) is 7.62. The van der Waals surface area contributed by atoms with Crippen LogP contribution in [0.4, 0.5) is 0 Å². The largest absolute Gasteiger partial charge is 0.390 e. The van der Waals surface area contributed by atoms with Gasteiger partial charge in [-0.05, 0) is 56.8 Å². The number of hydrogen-bond donors (Lipinski definition) is 1. The van der Waals surface area contributed by atoms with E-state index in [1.807, 2.05) is 54.7 Å². The van der Waals surface area contributed by atoms with E-state index in [9.17, 15) is 13.5 Å². The van der Waals surface area contributed by atoms with E-state index in [1.165, 1.54) is 4.31 Å². The Morgan fingerprint density at radius 2 is 1.81 bits per heavy atom. The molecule has 0 saturated carbocycles. The van der Waals surface area contributed by atoms with Gasteiger partial charge in [-0.3, -0.25) is 4.90 Å². The number of hydrogen-bond acceptors (Lipinski definition) is 5. The van der Waals surface area contributed by atoms with E-state index in [0.29, 0.717) is 6.54 Å². The summed E-state index contributed by atoms with van der Waals surface area (Å²) in [5.41, 5.74) is 4.09. The zero-order chi connectivity index (χ0) is 22.2. The average molecular weight is 441 g/mol. The second kappa shape index (κ2) is 8.55. The topological polar surface area (TPSA) is 78.7 Å². The highest BCUT2D eigenvalue weighted by atomic mass is 32.2. The second-order valence-corrected chi connectivity index (χ2v) is 10.1. The van der Waals surface area contributed by atoms with Crippen molar-refractivity contribution in [3.05, 3.63) is 77.6 Å². The standard InChI is InChI=1S/C23H28N4O3S/c1-17-12-18(2)27(24-17)20-9-7-8-19(13-20)14-25(3)22-15-26(16-23(22)28)31(29,30)21-10-5-4-6-11-21/h4-13,22-23,28H,14-16H2,1-3H3/t22-,23-/m0/s1. The monoisotopic (exact) mass is 440 g/mol. The number of aliphatic hydroxyl groups is 1. The predicted molar refractivity (Wildman–Crippen MR) is 120 cm³/mol. The molecule has 2 atom stereocenters. The van der Waals surface area contributed by atoms with Crippen LogP contribution < -0.4 is 0 Å². The molecule has 7 nitrogen and oxygen atoms in total. The summed E-state index contributed by atoms with van der Waals surface area (Å²) in [6.45, 7) is 4.94. The van der Waals surface area contributed by atoms with Crippen LogP contribution in [0.5, 0.6) is 0 Å². The number of likely N-dealkylation sites (N-methyl/N-ethyl adjacent to an activating group) is 1. The summed E-state index contributed by atoms with van der Waals surface area (Å²) in [6, 6.07) is 18.2. The molecule has 0 amide bonds. The number of aromatic nitrogens is 2. The molecule has 0 unspecified atom stereocenters. The normalized spacial score (nSPS) is 19.9. The van der Waals surface area contributed by atoms with Crippen molar-refractivity contribution in [1.29, 1.82) is 0 Å². The van der Waals surface area contributed by atoms with Gasteiger partial charge in [0.15, 0.2) is 0 Å². The minimum absolute atomic E-state index is 0.0953. The Morgan fingerprint density at radius 3 is 2.48 bits per heavy atom. The lowest BCUT2D eigenvalue weighted by Gasteiger charge is -2.26. The van der Waals surface area contributed by atoms with E-state index in [1.54, 1.807) is 30.3 Å². The summed E-state index contributed by atoms with van der Waals surface area (Å²) in [5, 5.41) is 15.2. The first kappa shape index (κ1) is 21.7. The van der Waals surface area contributed by atoms with Gasteiger partial charge in [0, 0.05) is 25.3 Å². The molecular weight excluding hydrogens is 412 g/mol. The lowest BCUT2D eigenvalue weighted by molar-refractivity contribution is 0.0953. The van der Waals surface area contributed by atoms with Gasteiger partial charge in [0.05, 0.1) is 28.4 Å². The summed E-state index contributed by atoms with van der Waals surface area (Å²) in [7, 11) is -1.70. The second-order valence-electron chi connectivity index (χ2n) is 8.19. The van der Waals surface area contributed by atoms with E-state index < -0.39 is 16.1 Å². The number of aryl methyl sites for hydroxylation is 2. The van der Waals surface area contributed by atoms with E-state index in [4.69, 9.17) is 0 Å². The predicted octanol–water partition coefficient (Wildman–Crippen LogP) is 2.35. The third-order valence-electron chi connectivity index (χ3n) is 5.77. The van der Waals surface area contributed by atoms with Crippen LogP contribution in [0.25, 0.3) is 5.69 Å². The first-order chi connectivity index (χ1) is 14.8. The van der Waals surface area contributed by atoms with Crippen molar-refractivity contribution in [2.24, 2.45) is 0 Å². The summed E-state index contributed by atoms with van der Waals surface area (Å²) >= 11 is 0. The average Bonchev–Trinajstić information content (AvgIpc) is 3.31. The zero-order valence-electron chi connectivity index (χ0n) is 18.0. The minimum Gasteiger partial charge on any atom is -0.390 e. The van der Waals surface area contributed by atoms with E-state index in [2.05, 4.69) is 11.2 Å². The van der Waals surface area contributed by atoms with E-state index in [0.717, 1.165) is 22.6 Å². The minimum atomic E-state index is -3.62. The molecule has 1 aromatic heterocycles. The molecule has 164 valence electrons. The number of benzene rings is 2. The molecule has 0 aliphatic carbocycles. The lowest BCUT2D eigenvalue weighted by atomic mass is 10.1. The third kappa shape index (κ3) is 4.43. The Labute approximate surface area is 183 Å². The van der Waals surface area contributed by atoms with Crippen LogP contribution in [-0.4, -0.2) is 64.8 Å². The number of nitrogens with zero attached hydrogens (tertiary/aromatic N) is 4. The molecule has 8 heteroatoms. The van der Waals surface area contributed by atoms with Gasteiger partial charge in [0.1, 0.15) is 0 Å². The molecular formula is C23H28N4O3S. The van der Waals surface area contributed by atoms with Crippen molar-refractivity contribution in [1.82, 2.24) is 19.0 Å². The van der Waals surface area contributed by atoms with Crippen molar-refractivity contribution in [2.75, 3.05) is 20.1 Å². The van der Waals surface area contributed by atoms with Gasteiger partial charge in [-0.15, -0.1) is 0 Å². The molecule has 2 heterocycles. The molecule has 4 rings (SSSR count). The van der Waals surface area contributed by atoms with Gasteiger partial charge in [-0.25, -0.2) is 13.1 Å². The smallest absolute Gasteiger partial charge is 0.243 e. The Kier molecular flexibility index (Phi) is 5.98. The van der Waals surface area contributed by atoms with Crippen LogP contribution >= 0.6 is 0 Å². The Morgan fingerprint density at radius 1 is 1.06 bits per heavy atom. The first-order valence-corrected chi connectivity index (χ1v) is 11.8. The summed E-state index contributed by atoms with van der Waals surface area (Å²) in [6.07, 6.45) is -0.748. The maximum atomic E-state index is 12.9. The zero-order valence-corrected chi connectivity index (χ0v) is 18.8. The highest BCUT2D eigenvalue weighted by Gasteiger charge is 2.40. The van der Waals surface area contributed by atoms with Gasteiger partial charge < -0.3 is 5.11 Å². The summed E-state index contributed by atoms with van der Waals surface area (Å²) in [4.78, 5) is 2.27. The van der Waals surface area contributed by atoms with Gasteiger partial charge >= 0.3 is 0 Å². The fraction of sp³-hybridized carbons (Fsp3) is 0.348. The van der Waals surface area contributed by atoms with Crippen molar-refractivity contribution >= 4 is 10.0 Å². The van der Waals surface area contributed by atoms with E-state index >= 15 is 0 Å². The molecule has 1 fully saturated rings. The summed E-state index contributed by atoms with van der Waals surface area (Å²) in [5.74, 6) is 0. The maximum absolute atomic E-state index is 12.9. The van der Waals surface area contributed by atoms with Gasteiger partial charge in [0.2, 0.25) is 10.0 Å². The van der Waals surface area contributed by atoms with Crippen LogP contribution in [0.3, 0.4) is 0 Å². The Hall–Kier alpha value is -2.52. The molecule has 2 aromatic carbocycles. The van der Waals surface area contributed by atoms with Crippen LogP contribution in [0.1, 0.15) is 17.0 Å². The maximum Gasteiger partial charge on any atom is 0.243 e. The fourth-order valence-corrected chi connectivity index (χ4v) is 5.69. The molecule has 0 radical (unpaired) electrons. The molecule has 1 aliphatic rings. The van der Waals surface area contributed by atoms with Crippen molar-refractivity contribution in [2.45, 2.75) is 37.4 Å². The molecule has 3 aromatic rings. The molecule has 1 N–H and O–H groups in total. The van der Waals surface area contributed by atoms with E-state index in [-0.39, 0.29) is 24.0 Å². The highest BCUT2D eigenvalue weighted by molar-refractivity contribution is 7.89. The van der Waals surface area contributed by atoms with Gasteiger partial charge in [0.25, 0.3) is 0 Å². The number of β-amino-alcohol motifs (C(OH)–C–C–N with tert-alkyl or cyclic N) is 1. The lowest BCUT2D eigenvalue weighted by Crippen LogP contribution is -2.40. The molecule has 31 heavy (non-hydrogen) atoms. The molecule has 1 saturated heterocycles. The van der Waals surface area contributed by atoms with Gasteiger partial charge in [-0.2, -0.15) is 9.40 Å². The molecule has 0 bridgehead atoms. The van der Waals surface area contributed by atoms with Crippen LogP contribution in [0, 0.1) is 13.8 Å². The Bertz CT molecular complexity index is 1160. The van der Waals surface area contributed by atoms with Crippen LogP contribution in [0.2, 0.25) is 0 Å². The van der Waals surface area contributed by atoms with Crippen molar-refractivity contribution in [3.8, 4) is 5.69 Å². The van der Waals surface area contributed by atoms with Crippen molar-refractivity contribution in [3.63, 3.8) is 0 Å². The number of rotatable bonds is 6. The van der Waals surface area contributed by atoms with Crippen LogP contribution in [-0.2, 0) is 16.6 Å². The molecule has 1 aliphatic heterocycles. The van der Waals surface area contributed by atoms with Gasteiger partial charge in [-0.1, -0.05) is 30.3 Å². The SMILES string of the molecule is Cc1cc(C)n(-c2cccc(CN(C)[C@H]3CN(S(=O)(=O)c4ccccc4)C[C@@H]3O)c2)n1.